The van der Waals surface area contributed by atoms with E-state index >= 15 is 0 Å². The van der Waals surface area contributed by atoms with Crippen molar-refractivity contribution in [2.75, 3.05) is 0 Å². The molecule has 0 aromatic rings. The number of hydrogen-bond donors (Lipinski definition) is 0. The Morgan fingerprint density at radius 3 is 2.17 bits per heavy atom. The van der Waals surface area contributed by atoms with E-state index in [4.69, 9.17) is 0 Å². The van der Waals surface area contributed by atoms with Crippen LogP contribution in [0, 0.1) is 0 Å². The van der Waals surface area contributed by atoms with Crippen molar-refractivity contribution in [1.82, 2.24) is 0 Å². The lowest BCUT2D eigenvalue weighted by Crippen LogP contribution is -2.09. The largest absolute Gasteiger partial charge is 0.136 e. The number of rotatable bonds is 5. The van der Waals surface area contributed by atoms with Gasteiger partial charge in [-0.25, -0.2) is 0 Å². The fourth-order valence-corrected chi connectivity index (χ4v) is 4.25. The number of hydrogen-bond acceptors (Lipinski definition) is 0. The SMILES string of the molecule is CCCCCC(Br)CC(Br)(Br)Br. The van der Waals surface area contributed by atoms with Gasteiger partial charge in [0.05, 0.1) is 0 Å². The third-order valence-corrected chi connectivity index (χ3v) is 3.33. The molecule has 0 saturated carbocycles. The average Bonchev–Trinajstić information content (AvgIpc) is 1.84. The Balaban J connectivity index is 3.40. The molecule has 0 aliphatic heterocycles. The normalized spacial score (nSPS) is 14.8. The van der Waals surface area contributed by atoms with Crippen molar-refractivity contribution in [1.29, 1.82) is 0 Å². The molecule has 1 atom stereocenters. The van der Waals surface area contributed by atoms with Crippen molar-refractivity contribution >= 4 is 63.7 Å². The van der Waals surface area contributed by atoms with Gasteiger partial charge in [0.15, 0.2) is 0 Å². The summed E-state index contributed by atoms with van der Waals surface area (Å²) < 4.78 is -0.0899. The van der Waals surface area contributed by atoms with Crippen molar-refractivity contribution in [2.24, 2.45) is 0 Å². The zero-order chi connectivity index (χ0) is 9.61. The smallest absolute Gasteiger partial charge is 0.0889 e. The van der Waals surface area contributed by atoms with E-state index in [2.05, 4.69) is 70.6 Å². The fourth-order valence-electron chi connectivity index (χ4n) is 0.969. The van der Waals surface area contributed by atoms with Crippen LogP contribution in [0.5, 0.6) is 0 Å². The van der Waals surface area contributed by atoms with Crippen LogP contribution in [-0.4, -0.2) is 6.97 Å². The van der Waals surface area contributed by atoms with Crippen LogP contribution in [-0.2, 0) is 0 Å². The first-order valence-corrected chi connectivity index (χ1v) is 7.46. The van der Waals surface area contributed by atoms with E-state index < -0.39 is 0 Å². The maximum Gasteiger partial charge on any atom is 0.136 e. The van der Waals surface area contributed by atoms with Crippen molar-refractivity contribution in [3.63, 3.8) is 0 Å². The summed E-state index contributed by atoms with van der Waals surface area (Å²) in [4.78, 5) is 0.585. The molecule has 74 valence electrons. The van der Waals surface area contributed by atoms with Crippen molar-refractivity contribution in [3.8, 4) is 0 Å². The Morgan fingerprint density at radius 2 is 1.75 bits per heavy atom. The van der Waals surface area contributed by atoms with Crippen LogP contribution in [0.15, 0.2) is 0 Å². The van der Waals surface area contributed by atoms with Gasteiger partial charge in [0.1, 0.15) is 2.14 Å². The zero-order valence-corrected chi connectivity index (χ0v) is 13.5. The summed E-state index contributed by atoms with van der Waals surface area (Å²) in [5.41, 5.74) is 0. The molecule has 0 aromatic heterocycles. The van der Waals surface area contributed by atoms with Crippen LogP contribution in [0.3, 0.4) is 0 Å². The van der Waals surface area contributed by atoms with E-state index in [-0.39, 0.29) is 2.14 Å². The van der Waals surface area contributed by atoms with Gasteiger partial charge in [-0.2, -0.15) is 0 Å². The zero-order valence-electron chi connectivity index (χ0n) is 7.12. The number of unbranched alkanes of at least 4 members (excludes halogenated alkanes) is 2. The Hall–Kier alpha value is 1.92. The Morgan fingerprint density at radius 1 is 1.17 bits per heavy atom. The second-order valence-corrected chi connectivity index (χ2v) is 11.5. The van der Waals surface area contributed by atoms with Crippen molar-refractivity contribution in [2.45, 2.75) is 46.0 Å². The summed E-state index contributed by atoms with van der Waals surface area (Å²) in [6.45, 7) is 2.23. The van der Waals surface area contributed by atoms with Crippen molar-refractivity contribution < 1.29 is 0 Å². The van der Waals surface area contributed by atoms with Gasteiger partial charge in [0, 0.05) is 4.83 Å². The lowest BCUT2D eigenvalue weighted by molar-refractivity contribution is 0.638. The van der Waals surface area contributed by atoms with E-state index in [9.17, 15) is 0 Å². The minimum Gasteiger partial charge on any atom is -0.0889 e. The van der Waals surface area contributed by atoms with Crippen LogP contribution >= 0.6 is 63.7 Å². The molecule has 1 unspecified atom stereocenters. The summed E-state index contributed by atoms with van der Waals surface area (Å²) in [6, 6.07) is 0. The topological polar surface area (TPSA) is 0 Å². The first kappa shape index (κ1) is 13.9. The van der Waals surface area contributed by atoms with Gasteiger partial charge in [0.25, 0.3) is 0 Å². The van der Waals surface area contributed by atoms with Gasteiger partial charge in [-0.05, 0) is 12.8 Å². The van der Waals surface area contributed by atoms with E-state index in [1.807, 2.05) is 0 Å². The van der Waals surface area contributed by atoms with Gasteiger partial charge < -0.3 is 0 Å². The maximum atomic E-state index is 3.65. The molecule has 0 heterocycles. The highest BCUT2D eigenvalue weighted by molar-refractivity contribution is 9.39. The Labute approximate surface area is 109 Å². The molecule has 0 aromatic carbocycles. The third kappa shape index (κ3) is 10.0. The molecule has 0 rings (SSSR count). The molecule has 0 saturated heterocycles. The lowest BCUT2D eigenvalue weighted by Gasteiger charge is -2.16. The van der Waals surface area contributed by atoms with Crippen molar-refractivity contribution in [3.05, 3.63) is 0 Å². The quantitative estimate of drug-likeness (QED) is 0.396. The van der Waals surface area contributed by atoms with E-state index in [1.165, 1.54) is 25.7 Å². The molecule has 12 heavy (non-hydrogen) atoms. The predicted molar refractivity (Wildman–Crippen MR) is 71.0 cm³/mol. The second-order valence-electron chi connectivity index (χ2n) is 2.91. The fraction of sp³-hybridized carbons (Fsp3) is 1.00. The van der Waals surface area contributed by atoms with Gasteiger partial charge in [-0.3, -0.25) is 0 Å². The highest BCUT2D eigenvalue weighted by atomic mass is 80.0. The summed E-state index contributed by atoms with van der Waals surface area (Å²) in [5, 5.41) is 0. The van der Waals surface area contributed by atoms with Crippen LogP contribution < -0.4 is 0 Å². The van der Waals surface area contributed by atoms with Crippen LogP contribution in [0.4, 0.5) is 0 Å². The molecular formula is C8H14Br4. The predicted octanol–water partition coefficient (Wildman–Crippen LogP) is 5.56. The molecule has 0 aliphatic carbocycles. The number of halogens is 4. The summed E-state index contributed by atoms with van der Waals surface area (Å²) in [7, 11) is 0. The molecule has 4 heteroatoms. The molecular weight excluding hydrogens is 416 g/mol. The summed E-state index contributed by atoms with van der Waals surface area (Å²) in [6.07, 6.45) is 6.23. The number of alkyl halides is 4. The minimum absolute atomic E-state index is 0.0899. The maximum absolute atomic E-state index is 3.65. The Kier molecular flexibility index (Phi) is 8.40. The lowest BCUT2D eigenvalue weighted by atomic mass is 10.1. The van der Waals surface area contributed by atoms with E-state index in [1.54, 1.807) is 0 Å². The molecule has 0 nitrogen and oxygen atoms in total. The second kappa shape index (κ2) is 7.24. The molecule has 0 spiro atoms. The van der Waals surface area contributed by atoms with Crippen LogP contribution in [0.25, 0.3) is 0 Å². The van der Waals surface area contributed by atoms with E-state index in [0.717, 1.165) is 6.42 Å². The first-order chi connectivity index (χ1) is 5.45. The molecule has 0 aliphatic rings. The Bertz CT molecular complexity index is 108. The third-order valence-electron chi connectivity index (χ3n) is 1.57. The molecule has 0 amide bonds. The van der Waals surface area contributed by atoms with Gasteiger partial charge >= 0.3 is 0 Å². The minimum atomic E-state index is -0.0899. The first-order valence-electron chi connectivity index (χ1n) is 4.16. The molecule has 0 bridgehead atoms. The van der Waals surface area contributed by atoms with Gasteiger partial charge in [-0.1, -0.05) is 89.9 Å². The van der Waals surface area contributed by atoms with E-state index in [0.29, 0.717) is 4.83 Å². The molecule has 0 N–H and O–H groups in total. The van der Waals surface area contributed by atoms with Gasteiger partial charge in [0.2, 0.25) is 0 Å². The molecule has 0 radical (unpaired) electrons. The highest BCUT2D eigenvalue weighted by Crippen LogP contribution is 2.40. The van der Waals surface area contributed by atoms with Crippen LogP contribution in [0.1, 0.15) is 39.0 Å². The monoisotopic (exact) mass is 426 g/mol. The highest BCUT2D eigenvalue weighted by Gasteiger charge is 2.21. The average molecular weight is 430 g/mol. The summed E-state index contributed by atoms with van der Waals surface area (Å²) in [5.74, 6) is 0. The summed E-state index contributed by atoms with van der Waals surface area (Å²) >= 11 is 14.1. The molecule has 0 fully saturated rings. The standard InChI is InChI=1S/C8H14Br4/c1-2-3-4-5-7(9)6-8(10,11)12/h7H,2-6H2,1H3. The van der Waals surface area contributed by atoms with Crippen LogP contribution in [0.2, 0.25) is 0 Å². The van der Waals surface area contributed by atoms with Gasteiger partial charge in [-0.15, -0.1) is 0 Å².